The van der Waals surface area contributed by atoms with E-state index in [1.807, 2.05) is 6.92 Å². The van der Waals surface area contributed by atoms with Crippen molar-refractivity contribution in [1.82, 2.24) is 10.2 Å². The molecule has 0 radical (unpaired) electrons. The number of hydrogen-bond donors (Lipinski definition) is 2. The second kappa shape index (κ2) is 8.68. The number of carbonyl (C=O) groups is 1. The van der Waals surface area contributed by atoms with E-state index in [2.05, 4.69) is 24.1 Å². The minimum absolute atomic E-state index is 0.402. The van der Waals surface area contributed by atoms with Crippen molar-refractivity contribution in [3.8, 4) is 0 Å². The van der Waals surface area contributed by atoms with Crippen LogP contribution in [0, 0.1) is 0 Å². The van der Waals surface area contributed by atoms with Gasteiger partial charge in [-0.1, -0.05) is 20.8 Å². The average Bonchev–Trinajstić information content (AvgIpc) is 2.21. The molecule has 0 rings (SSSR count). The largest absolute Gasteiger partial charge is 0.480 e. The normalized spacial score (nSPS) is 13.1. The lowest BCUT2D eigenvalue weighted by Gasteiger charge is -2.21. The van der Waals surface area contributed by atoms with E-state index < -0.39 is 12.0 Å². The van der Waals surface area contributed by atoms with Crippen LogP contribution in [0.4, 0.5) is 0 Å². The molecule has 0 bridgehead atoms. The summed E-state index contributed by atoms with van der Waals surface area (Å²) in [5, 5.41) is 11.9. The van der Waals surface area contributed by atoms with Gasteiger partial charge in [-0.2, -0.15) is 0 Å². The molecule has 0 aliphatic heterocycles. The van der Waals surface area contributed by atoms with E-state index in [0.717, 1.165) is 26.1 Å². The summed E-state index contributed by atoms with van der Waals surface area (Å²) in [6.45, 7) is 9.78. The minimum Gasteiger partial charge on any atom is -0.480 e. The van der Waals surface area contributed by atoms with Crippen molar-refractivity contribution in [2.75, 3.05) is 26.2 Å². The molecule has 0 saturated carbocycles. The van der Waals surface area contributed by atoms with Crippen LogP contribution in [0.3, 0.4) is 0 Å². The highest BCUT2D eigenvalue weighted by Gasteiger charge is 2.16. The molecule has 1 atom stereocenters. The fourth-order valence-corrected chi connectivity index (χ4v) is 1.62. The van der Waals surface area contributed by atoms with Crippen LogP contribution in [-0.2, 0) is 4.79 Å². The molecule has 0 saturated heterocycles. The van der Waals surface area contributed by atoms with Crippen LogP contribution in [-0.4, -0.2) is 48.2 Å². The van der Waals surface area contributed by atoms with Crippen molar-refractivity contribution in [3.63, 3.8) is 0 Å². The van der Waals surface area contributed by atoms with Gasteiger partial charge in [-0.25, -0.2) is 0 Å². The summed E-state index contributed by atoms with van der Waals surface area (Å²) < 4.78 is 0. The van der Waals surface area contributed by atoms with E-state index in [1.54, 1.807) is 0 Å². The molecule has 0 aliphatic carbocycles. The van der Waals surface area contributed by atoms with Crippen LogP contribution in [0.15, 0.2) is 0 Å². The first-order valence-corrected chi connectivity index (χ1v) is 5.84. The van der Waals surface area contributed by atoms with Gasteiger partial charge in [-0.3, -0.25) is 4.79 Å². The number of carboxylic acid groups (broad SMARTS) is 1. The molecule has 0 aromatic carbocycles. The van der Waals surface area contributed by atoms with E-state index in [9.17, 15) is 4.79 Å². The Morgan fingerprint density at radius 3 is 2.40 bits per heavy atom. The van der Waals surface area contributed by atoms with Crippen molar-refractivity contribution < 1.29 is 9.90 Å². The number of rotatable bonds is 9. The van der Waals surface area contributed by atoms with Crippen molar-refractivity contribution in [1.29, 1.82) is 0 Å². The summed E-state index contributed by atoms with van der Waals surface area (Å²) in [5.74, 6) is -0.746. The molecule has 0 spiro atoms. The zero-order valence-corrected chi connectivity index (χ0v) is 10.1. The number of nitrogens with one attached hydrogen (secondary N) is 1. The predicted octanol–water partition coefficient (Wildman–Crippen LogP) is 1.17. The monoisotopic (exact) mass is 216 g/mol. The van der Waals surface area contributed by atoms with E-state index in [4.69, 9.17) is 5.11 Å². The van der Waals surface area contributed by atoms with Gasteiger partial charge < -0.3 is 15.3 Å². The van der Waals surface area contributed by atoms with Gasteiger partial charge in [0.05, 0.1) is 0 Å². The van der Waals surface area contributed by atoms with Gasteiger partial charge in [0.2, 0.25) is 0 Å². The molecule has 0 fully saturated rings. The zero-order valence-electron chi connectivity index (χ0n) is 10.1. The molecule has 90 valence electrons. The topological polar surface area (TPSA) is 52.6 Å². The third kappa shape index (κ3) is 6.47. The van der Waals surface area contributed by atoms with Gasteiger partial charge in [0, 0.05) is 6.54 Å². The Morgan fingerprint density at radius 2 is 2.00 bits per heavy atom. The van der Waals surface area contributed by atoms with Crippen molar-refractivity contribution in [2.45, 2.75) is 39.7 Å². The van der Waals surface area contributed by atoms with E-state index in [-0.39, 0.29) is 0 Å². The molecular formula is C11H24N2O2. The number of nitrogens with zero attached hydrogens (tertiary/aromatic N) is 1. The highest BCUT2D eigenvalue weighted by Crippen LogP contribution is 1.98. The molecule has 4 heteroatoms. The minimum atomic E-state index is -0.746. The molecule has 0 heterocycles. The van der Waals surface area contributed by atoms with Crippen LogP contribution in [0.2, 0.25) is 0 Å². The Hall–Kier alpha value is -0.610. The Labute approximate surface area is 92.7 Å². The second-order valence-corrected chi connectivity index (χ2v) is 3.67. The summed E-state index contributed by atoms with van der Waals surface area (Å²) in [7, 11) is 0. The second-order valence-electron chi connectivity index (χ2n) is 3.67. The Morgan fingerprint density at radius 1 is 1.33 bits per heavy atom. The molecule has 15 heavy (non-hydrogen) atoms. The Bertz CT molecular complexity index is 174. The molecule has 0 aromatic rings. The van der Waals surface area contributed by atoms with Crippen molar-refractivity contribution in [3.05, 3.63) is 0 Å². The first-order valence-electron chi connectivity index (χ1n) is 5.84. The maximum atomic E-state index is 10.9. The van der Waals surface area contributed by atoms with E-state index in [1.165, 1.54) is 0 Å². The summed E-state index contributed by atoms with van der Waals surface area (Å²) in [5.41, 5.74) is 0. The average molecular weight is 216 g/mol. The highest BCUT2D eigenvalue weighted by atomic mass is 16.4. The molecule has 4 nitrogen and oxygen atoms in total. The van der Waals surface area contributed by atoms with Gasteiger partial charge in [-0.15, -0.1) is 0 Å². The lowest BCUT2D eigenvalue weighted by atomic mass is 10.2. The SMILES string of the molecule is CCCN(CC)CCC(NCC)C(=O)O. The third-order valence-corrected chi connectivity index (χ3v) is 2.47. The van der Waals surface area contributed by atoms with Crippen LogP contribution >= 0.6 is 0 Å². The summed E-state index contributed by atoms with van der Waals surface area (Å²) >= 11 is 0. The van der Waals surface area contributed by atoms with Crippen LogP contribution in [0.25, 0.3) is 0 Å². The van der Waals surface area contributed by atoms with E-state index >= 15 is 0 Å². The summed E-state index contributed by atoms with van der Waals surface area (Å²) in [4.78, 5) is 13.2. The van der Waals surface area contributed by atoms with Gasteiger partial charge >= 0.3 is 5.97 Å². The lowest BCUT2D eigenvalue weighted by molar-refractivity contribution is -0.139. The fourth-order valence-electron chi connectivity index (χ4n) is 1.62. The quantitative estimate of drug-likeness (QED) is 0.607. The summed E-state index contributed by atoms with van der Waals surface area (Å²) in [6, 6.07) is -0.402. The Kier molecular flexibility index (Phi) is 8.33. The fraction of sp³-hybridized carbons (Fsp3) is 0.909. The molecule has 1 unspecified atom stereocenters. The van der Waals surface area contributed by atoms with Gasteiger partial charge in [-0.05, 0) is 32.5 Å². The lowest BCUT2D eigenvalue weighted by Crippen LogP contribution is -2.40. The number of aliphatic carboxylic acids is 1. The number of likely N-dealkylation sites (N-methyl/N-ethyl adjacent to an activating group) is 1. The van der Waals surface area contributed by atoms with Crippen LogP contribution in [0.5, 0.6) is 0 Å². The zero-order chi connectivity index (χ0) is 11.7. The standard InChI is InChI=1S/C11H24N2O2/c1-4-8-13(6-3)9-7-10(11(14)15)12-5-2/h10,12H,4-9H2,1-3H3,(H,14,15). The smallest absolute Gasteiger partial charge is 0.320 e. The highest BCUT2D eigenvalue weighted by molar-refractivity contribution is 5.73. The molecule has 0 amide bonds. The number of carboxylic acids is 1. The van der Waals surface area contributed by atoms with E-state index in [0.29, 0.717) is 13.0 Å². The first-order chi connectivity index (χ1) is 7.15. The Balaban J connectivity index is 3.90. The van der Waals surface area contributed by atoms with Crippen LogP contribution in [0.1, 0.15) is 33.6 Å². The molecule has 0 aromatic heterocycles. The van der Waals surface area contributed by atoms with Crippen molar-refractivity contribution >= 4 is 5.97 Å². The number of hydrogen-bond acceptors (Lipinski definition) is 3. The predicted molar refractivity (Wildman–Crippen MR) is 62.1 cm³/mol. The molecular weight excluding hydrogens is 192 g/mol. The molecule has 2 N–H and O–H groups in total. The third-order valence-electron chi connectivity index (χ3n) is 2.47. The first kappa shape index (κ1) is 14.4. The molecule has 0 aliphatic rings. The van der Waals surface area contributed by atoms with Gasteiger partial charge in [0.25, 0.3) is 0 Å². The van der Waals surface area contributed by atoms with Gasteiger partial charge in [0.1, 0.15) is 6.04 Å². The maximum Gasteiger partial charge on any atom is 0.320 e. The summed E-state index contributed by atoms with van der Waals surface area (Å²) in [6.07, 6.45) is 1.80. The van der Waals surface area contributed by atoms with Crippen molar-refractivity contribution in [2.24, 2.45) is 0 Å². The van der Waals surface area contributed by atoms with Crippen LogP contribution < -0.4 is 5.32 Å². The maximum absolute atomic E-state index is 10.9. The van der Waals surface area contributed by atoms with Gasteiger partial charge in [0.15, 0.2) is 0 Å².